The first-order valence-corrected chi connectivity index (χ1v) is 13.8. The molecule has 2 N–H and O–H groups in total. The van der Waals surface area contributed by atoms with Crippen molar-refractivity contribution < 1.29 is 13.4 Å². The maximum absolute atomic E-state index is 14.1. The molecule has 0 spiro atoms. The summed E-state index contributed by atoms with van der Waals surface area (Å²) in [7, 11) is -2.76. The van der Waals surface area contributed by atoms with Gasteiger partial charge in [0.05, 0.1) is 39.2 Å². The summed E-state index contributed by atoms with van der Waals surface area (Å²) in [5.74, 6) is -0.532. The van der Waals surface area contributed by atoms with Gasteiger partial charge in [-0.1, -0.05) is 18.2 Å². The van der Waals surface area contributed by atoms with Crippen LogP contribution in [0.1, 0.15) is 5.69 Å². The first-order chi connectivity index (χ1) is 18.3. The average Bonchev–Trinajstić information content (AvgIpc) is 3.50. The summed E-state index contributed by atoms with van der Waals surface area (Å²) >= 11 is 0. The Morgan fingerprint density at radius 1 is 1.00 bits per heavy atom. The minimum Gasteiger partial charge on any atom is -0.349 e. The lowest BCUT2D eigenvalue weighted by Crippen LogP contribution is -2.27. The Morgan fingerprint density at radius 2 is 1.79 bits per heavy atom. The lowest BCUT2D eigenvalue weighted by molar-refractivity contribution is -0.121. The van der Waals surface area contributed by atoms with Gasteiger partial charge in [0, 0.05) is 45.4 Å². The molecule has 4 aromatic heterocycles. The summed E-state index contributed by atoms with van der Waals surface area (Å²) in [6.07, 6.45) is 6.64. The molecule has 6 aromatic rings. The molecule has 0 aliphatic heterocycles. The third-order valence-corrected chi connectivity index (χ3v) is 7.76. The Morgan fingerprint density at radius 3 is 2.53 bits per heavy atom. The molecule has 1 unspecified atom stereocenters. The van der Waals surface area contributed by atoms with Crippen LogP contribution in [0.3, 0.4) is 0 Å². The number of hydrogen-bond donors (Lipinski definition) is 2. The van der Waals surface area contributed by atoms with Gasteiger partial charge in [-0.25, -0.2) is 17.9 Å². The summed E-state index contributed by atoms with van der Waals surface area (Å²) in [6.45, 7) is 0.306. The normalized spacial score (nSPS) is 13.2. The molecule has 0 aliphatic rings. The molecule has 4 heterocycles. The van der Waals surface area contributed by atoms with Crippen LogP contribution in [0, 0.1) is 10.6 Å². The number of amides is 1. The number of carbonyl (C=O) groups is 1. The molecule has 38 heavy (non-hydrogen) atoms. The number of nitrogens with one attached hydrogen (secondary N) is 2. The van der Waals surface area contributed by atoms with E-state index in [9.17, 15) is 13.4 Å². The number of aromatic nitrogens is 4. The van der Waals surface area contributed by atoms with E-state index >= 15 is 0 Å². The highest BCUT2D eigenvalue weighted by Gasteiger charge is 2.17. The van der Waals surface area contributed by atoms with Gasteiger partial charge in [-0.3, -0.25) is 9.78 Å². The molecule has 10 heteroatoms. The highest BCUT2D eigenvalue weighted by atomic mass is 32.2. The van der Waals surface area contributed by atoms with Crippen molar-refractivity contribution >= 4 is 43.0 Å². The topological polar surface area (TPSA) is 105 Å². The number of benzene rings is 2. The van der Waals surface area contributed by atoms with Gasteiger partial charge in [0.15, 0.2) is 0 Å². The lowest BCUT2D eigenvalue weighted by Gasteiger charge is -2.10. The lowest BCUT2D eigenvalue weighted by atomic mass is 10.1. The van der Waals surface area contributed by atoms with Crippen LogP contribution in [0.25, 0.3) is 38.4 Å². The smallest absolute Gasteiger partial charge is 0.240 e. The van der Waals surface area contributed by atoms with Crippen molar-refractivity contribution in [1.82, 2.24) is 24.5 Å². The molecule has 0 fully saturated rings. The Bertz CT molecular complexity index is 1940. The number of nitrogens with zero attached hydrogens (tertiary/aromatic N) is 4. The summed E-state index contributed by atoms with van der Waals surface area (Å²) in [5.41, 5.74) is 4.89. The largest absolute Gasteiger partial charge is 0.349 e. The molecule has 1 atom stereocenters. The molecule has 0 bridgehead atoms. The molecule has 8 nitrogen and oxygen atoms in total. The number of pyridine rings is 2. The van der Waals surface area contributed by atoms with Crippen molar-refractivity contribution in [2.24, 2.45) is 0 Å². The Hall–Kier alpha value is -4.57. The van der Waals surface area contributed by atoms with E-state index in [0.717, 1.165) is 38.4 Å². The fourth-order valence-corrected chi connectivity index (χ4v) is 5.38. The van der Waals surface area contributed by atoms with Gasteiger partial charge in [-0.15, -0.1) is 0 Å². The second kappa shape index (κ2) is 9.07. The van der Waals surface area contributed by atoms with Gasteiger partial charge in [0.2, 0.25) is 5.91 Å². The number of hydrogen-bond acceptors (Lipinski definition) is 5. The Kier molecular flexibility index (Phi) is 5.68. The van der Waals surface area contributed by atoms with E-state index in [1.165, 1.54) is 18.4 Å². The molecule has 0 radical (unpaired) electrons. The molecule has 0 saturated heterocycles. The second-order valence-corrected chi connectivity index (χ2v) is 11.3. The maximum Gasteiger partial charge on any atom is 0.240 e. The van der Waals surface area contributed by atoms with Crippen LogP contribution in [-0.4, -0.2) is 35.5 Å². The van der Waals surface area contributed by atoms with Gasteiger partial charge < -0.3 is 9.88 Å². The zero-order chi connectivity index (χ0) is 26.4. The van der Waals surface area contributed by atoms with Crippen LogP contribution < -0.4 is 5.32 Å². The Labute approximate surface area is 217 Å². The summed E-state index contributed by atoms with van der Waals surface area (Å²) in [6, 6.07) is 19.1. The van der Waals surface area contributed by atoms with Crippen molar-refractivity contribution in [3.8, 4) is 11.1 Å². The highest BCUT2D eigenvalue weighted by Crippen LogP contribution is 2.32. The quantitative estimate of drug-likeness (QED) is 0.319. The fraction of sp³-hybridized carbons (Fsp3) is 0.107. The van der Waals surface area contributed by atoms with Crippen LogP contribution in [0.2, 0.25) is 0 Å². The van der Waals surface area contributed by atoms with Crippen molar-refractivity contribution in [3.05, 3.63) is 96.8 Å². The highest BCUT2D eigenvalue weighted by molar-refractivity contribution is 7.91. The average molecular weight is 527 g/mol. The number of fused-ring (bicyclic) bond motifs is 5. The minimum absolute atomic E-state index is 0.0531. The van der Waals surface area contributed by atoms with E-state index in [4.69, 9.17) is 4.78 Å². The van der Waals surface area contributed by atoms with Crippen LogP contribution in [0.5, 0.6) is 0 Å². The van der Waals surface area contributed by atoms with Gasteiger partial charge in [0.1, 0.15) is 12.4 Å². The van der Waals surface area contributed by atoms with E-state index in [1.807, 2.05) is 47.2 Å². The molecule has 0 saturated carbocycles. The van der Waals surface area contributed by atoms with Crippen LogP contribution >= 0.6 is 0 Å². The summed E-state index contributed by atoms with van der Waals surface area (Å²) < 4.78 is 37.3. The third-order valence-electron chi connectivity index (χ3n) is 6.59. The van der Waals surface area contributed by atoms with Crippen molar-refractivity contribution in [2.75, 3.05) is 6.26 Å². The number of halogens is 1. The molecule has 1 amide bonds. The van der Waals surface area contributed by atoms with Crippen LogP contribution in [-0.2, 0) is 27.6 Å². The second-order valence-electron chi connectivity index (χ2n) is 9.17. The van der Waals surface area contributed by atoms with E-state index in [2.05, 4.69) is 15.4 Å². The van der Waals surface area contributed by atoms with E-state index in [-0.39, 0.29) is 24.8 Å². The van der Waals surface area contributed by atoms with Crippen molar-refractivity contribution in [3.63, 3.8) is 0 Å². The first-order valence-electron chi connectivity index (χ1n) is 11.9. The molecule has 2 aromatic carbocycles. The predicted molar refractivity (Wildman–Crippen MR) is 145 cm³/mol. The SMILES string of the molecule is CS(=N)(=O)c1ccc(-c2ccc(CNC(=O)Cn3c4ccc(F)cc4c4ccn5nccc5c43)nc2)cc1. The summed E-state index contributed by atoms with van der Waals surface area (Å²) in [5, 5.41) is 8.83. The molecular formula is C28H23FN6O2S. The number of carbonyl (C=O) groups excluding carboxylic acids is 1. The molecule has 6 rings (SSSR count). The van der Waals surface area contributed by atoms with Gasteiger partial charge in [0.25, 0.3) is 0 Å². The monoisotopic (exact) mass is 526 g/mol. The number of rotatable bonds is 6. The maximum atomic E-state index is 14.1. The molecule has 190 valence electrons. The van der Waals surface area contributed by atoms with Crippen LogP contribution in [0.15, 0.2) is 90.2 Å². The Balaban J connectivity index is 1.21. The standard InChI is InChI=1S/C28H23FN6O2S/c1-38(30,37)22-7-3-18(4-8-22)19-2-6-21(31-15-19)16-32-27(36)17-34-25-9-5-20(29)14-24(25)23-11-13-35-26(28(23)34)10-12-33-35/h2-15,30H,16-17H2,1H3,(H,32,36). The van der Waals surface area contributed by atoms with Gasteiger partial charge in [-0.2, -0.15) is 5.10 Å². The van der Waals surface area contributed by atoms with Gasteiger partial charge in [-0.05, 0) is 54.1 Å². The van der Waals surface area contributed by atoms with Crippen molar-refractivity contribution in [1.29, 1.82) is 4.78 Å². The van der Waals surface area contributed by atoms with Gasteiger partial charge >= 0.3 is 0 Å². The fourth-order valence-electron chi connectivity index (χ4n) is 4.72. The van der Waals surface area contributed by atoms with E-state index in [1.54, 1.807) is 35.1 Å². The summed E-state index contributed by atoms with van der Waals surface area (Å²) in [4.78, 5) is 18.0. The van der Waals surface area contributed by atoms with Crippen LogP contribution in [0.4, 0.5) is 4.39 Å². The van der Waals surface area contributed by atoms with E-state index in [0.29, 0.717) is 10.6 Å². The zero-order valence-electron chi connectivity index (χ0n) is 20.4. The minimum atomic E-state index is -2.76. The first kappa shape index (κ1) is 23.8. The van der Waals surface area contributed by atoms with E-state index < -0.39 is 9.73 Å². The molecular weight excluding hydrogens is 503 g/mol. The molecule has 0 aliphatic carbocycles. The predicted octanol–water partition coefficient (Wildman–Crippen LogP) is 5.00. The van der Waals surface area contributed by atoms with Crippen molar-refractivity contribution in [2.45, 2.75) is 18.0 Å². The third kappa shape index (κ3) is 4.28. The zero-order valence-corrected chi connectivity index (χ0v) is 21.2.